The van der Waals surface area contributed by atoms with Crippen LogP contribution in [0.25, 0.3) is 132 Å². The van der Waals surface area contributed by atoms with E-state index in [1.165, 1.54) is 0 Å². The fourth-order valence-electron chi connectivity index (χ4n) is 18.4. The van der Waals surface area contributed by atoms with Crippen LogP contribution in [0.15, 0.2) is 109 Å². The van der Waals surface area contributed by atoms with Crippen LogP contribution in [-0.2, 0) is 95.2 Å². The number of imidazole rings is 6. The van der Waals surface area contributed by atoms with E-state index in [2.05, 4.69) is 54.4 Å². The van der Waals surface area contributed by atoms with E-state index in [0.29, 0.717) is 191 Å². The van der Waals surface area contributed by atoms with Gasteiger partial charge in [0.25, 0.3) is 0 Å². The smallest absolute Gasteiger partial charge is 0.152 e. The molecule has 0 amide bonds. The number of benzene rings is 6. The molecule has 16 heterocycles. The lowest BCUT2D eigenvalue weighted by Gasteiger charge is -2.30. The minimum absolute atomic E-state index is 0.0734. The molecule has 0 unspecified atom stereocenters. The summed E-state index contributed by atoms with van der Waals surface area (Å²) in [6.45, 7) is 36.6. The number of aliphatic hydroxyl groups is 4. The van der Waals surface area contributed by atoms with Crippen molar-refractivity contribution in [3.63, 3.8) is 0 Å². The minimum atomic E-state index is -1.04. The van der Waals surface area contributed by atoms with Crippen LogP contribution in [0.4, 0.5) is 34.9 Å². The molecule has 40 heteroatoms. The fourth-order valence-corrected chi connectivity index (χ4v) is 18.4. The first-order valence-electron chi connectivity index (χ1n) is 48.0. The van der Waals surface area contributed by atoms with E-state index >= 15 is 0 Å². The molecular weight excluding hydrogens is 1830 g/mol. The van der Waals surface area contributed by atoms with Gasteiger partial charge >= 0.3 is 0 Å². The van der Waals surface area contributed by atoms with Crippen LogP contribution in [-0.4, -0.2) is 209 Å². The Morgan fingerprint density at radius 2 is 0.678 bits per heavy atom. The summed E-state index contributed by atoms with van der Waals surface area (Å²) < 4.78 is 81.0. The molecule has 0 fully saturated rings. The first kappa shape index (κ1) is 100. The zero-order valence-electron chi connectivity index (χ0n) is 83.8. The Morgan fingerprint density at radius 3 is 1.06 bits per heavy atom. The minimum Gasteiger partial charge on any atom is -0.491 e. The third-order valence-corrected chi connectivity index (χ3v) is 25.0. The van der Waals surface area contributed by atoms with Crippen molar-refractivity contribution >= 4 is 167 Å². The lowest BCUT2D eigenvalue weighted by atomic mass is 9.99. The molecule has 4 aliphatic heterocycles. The monoisotopic (exact) mass is 1950 g/mol. The highest BCUT2D eigenvalue weighted by molar-refractivity contribution is 6.15. The van der Waals surface area contributed by atoms with E-state index in [0.717, 1.165) is 157 Å². The zero-order chi connectivity index (χ0) is 102. The average molecular weight is 1960 g/mol. The van der Waals surface area contributed by atoms with Crippen molar-refractivity contribution in [1.82, 2.24) is 87.2 Å². The number of aryl methyl sites for hydroxylation is 2. The summed E-state index contributed by atoms with van der Waals surface area (Å²) in [6, 6.07) is 33.7. The number of hydrogen-bond acceptors (Lipinski definition) is 34. The van der Waals surface area contributed by atoms with Gasteiger partial charge < -0.3 is 139 Å². The number of nitrogens with two attached hydrogens (primary N) is 6. The van der Waals surface area contributed by atoms with Crippen LogP contribution >= 0.6 is 0 Å². The first-order chi connectivity index (χ1) is 68.5. The molecule has 0 saturated carbocycles. The van der Waals surface area contributed by atoms with Crippen molar-refractivity contribution < 1.29 is 77.3 Å². The first-order valence-corrected chi connectivity index (χ1v) is 48.0. The van der Waals surface area contributed by atoms with Crippen LogP contribution in [0, 0.1) is 0 Å². The number of nitrogen functional groups attached to an aromatic ring is 6. The van der Waals surface area contributed by atoms with E-state index in [1.54, 1.807) is 48.5 Å². The van der Waals surface area contributed by atoms with Crippen molar-refractivity contribution in [3.8, 4) is 34.5 Å². The predicted molar refractivity (Wildman–Crippen MR) is 551 cm³/mol. The van der Waals surface area contributed by atoms with Crippen molar-refractivity contribution in [2.75, 3.05) is 107 Å². The van der Waals surface area contributed by atoms with Crippen molar-refractivity contribution in [3.05, 3.63) is 144 Å². The molecule has 12 aromatic heterocycles. The Hall–Kier alpha value is -14.2. The van der Waals surface area contributed by atoms with Crippen LogP contribution in [0.3, 0.4) is 0 Å². The van der Waals surface area contributed by atoms with Crippen molar-refractivity contribution in [1.29, 1.82) is 0 Å². The number of nitrogens with zero attached hydrogens (tertiary/aromatic N) is 18. The predicted octanol–water partition coefficient (Wildman–Crippen LogP) is 14.2. The molecule has 754 valence electrons. The molecule has 40 nitrogen and oxygen atoms in total. The second-order valence-electron chi connectivity index (χ2n) is 37.5. The largest absolute Gasteiger partial charge is 0.491 e. The second kappa shape index (κ2) is 41.0. The van der Waals surface area contributed by atoms with Gasteiger partial charge in [-0.2, -0.15) is 0 Å². The molecule has 3 atom stereocenters. The number of anilines is 6. The quantitative estimate of drug-likeness (QED) is 0.0254. The standard InChI is InChI=1S/2C18H22N4O3.C18H24N4O3.C17H20N4O3.C17H22N4O2.C15H16N4O2/c2*1-4-24-9-13-21-15-16-14-10(20-17(15)19)6-5-7-11(14)25-8-12(22(13)16)18(2,3)23;1-5-24-9-13-21-15-16(22(13)4)14-11(20-17(15)19)7-6-8-12(14)25-10-18(2,3)23;1-3-23-7-12-20-14-15-13-10(19-16(14)18)5-4-6-11(13)24-9-17(2,22)8-21(12)15;1-5-22-9-13-20-15-16(21(13)4)14-11(19-17(15)18)7-6-8-12(14)23-10(2)3;1-2-20-8-11-18-13-14-12-9(17-15(13)16)4-3-5-10(12)21-7-6-19(11)14/h2*5-7,12,23H,4,8-9H2,1-3H3,(H2,19,20);6-8,23H,5,9-10H2,1-4H3,(H2,19,20);4-6,22H,3,7-9H2,1-2H3,(H2,18,19);6-8,10H,5,9H2,1-4H3,(H2,18,19);3-5H,2,6-8H2,1H3,(H2,16,17)/t2*12-;;17-;;/m10.0../s1. The second-order valence-corrected chi connectivity index (χ2v) is 37.5. The van der Waals surface area contributed by atoms with Crippen LogP contribution < -0.4 is 62.8 Å². The maximum Gasteiger partial charge on any atom is 0.152 e. The molecule has 18 aromatic rings. The van der Waals surface area contributed by atoms with Crippen molar-refractivity contribution in [2.45, 2.75) is 197 Å². The number of rotatable bonds is 25. The van der Waals surface area contributed by atoms with Gasteiger partial charge in [0, 0.05) is 53.7 Å². The molecule has 143 heavy (non-hydrogen) atoms. The summed E-state index contributed by atoms with van der Waals surface area (Å²) in [6.07, 6.45) is 0.0734. The molecule has 0 aliphatic carbocycles. The fraction of sp³-hybridized carbons (Fsp3) is 0.417. The number of aromatic nitrogens is 18. The van der Waals surface area contributed by atoms with Gasteiger partial charge in [-0.25, -0.2) is 59.8 Å². The normalized spacial score (nSPS) is 15.5. The van der Waals surface area contributed by atoms with E-state index in [-0.39, 0.29) is 31.4 Å². The highest BCUT2D eigenvalue weighted by Gasteiger charge is 2.40. The lowest BCUT2D eigenvalue weighted by molar-refractivity contribution is -0.00430. The van der Waals surface area contributed by atoms with Gasteiger partial charge in [0.05, 0.1) is 147 Å². The van der Waals surface area contributed by atoms with Gasteiger partial charge in [-0.15, -0.1) is 0 Å². The number of hydrogen-bond donors (Lipinski definition) is 10. The molecule has 0 spiro atoms. The van der Waals surface area contributed by atoms with Crippen LogP contribution in [0.2, 0.25) is 0 Å². The SMILES string of the molecule is CCOCc1nc2c(N)nc3cccc(OC(C)C)c3c2n1C.CCOCc1nc2c(N)nc3cccc(OCC(C)(C)O)c3c2n1C.CCOCc1nc2c(N)nc3cccc4c3c2n1CCO4.CCOCc1nc2c(N)nc3cccc4c3c2n1C[C@](C)(O)CO4.CCOCc1nc2c(N)nc3cccc4c3c2n1[C@@H](C(C)(C)O)CO4.CCOCc1nc2c(N)nc3cccc4c3c2n1[C@H](C(C)(C)O)CO4. The highest BCUT2D eigenvalue weighted by atomic mass is 16.5. The summed E-state index contributed by atoms with van der Waals surface area (Å²) >= 11 is 0. The average Bonchev–Trinajstić information content (AvgIpc) is 1.57. The molecule has 0 bridgehead atoms. The summed E-state index contributed by atoms with van der Waals surface area (Å²) in [5.41, 5.74) is 46.7. The van der Waals surface area contributed by atoms with E-state index in [4.69, 9.17) is 101 Å². The van der Waals surface area contributed by atoms with Gasteiger partial charge in [-0.1, -0.05) is 36.4 Å². The Kier molecular flexibility index (Phi) is 28.8. The Balaban J connectivity index is 0.000000118. The third kappa shape index (κ3) is 19.9. The topological polar surface area (TPSA) is 532 Å². The molecule has 4 aliphatic rings. The Bertz CT molecular complexity index is 7640. The number of fused-ring (bicyclic) bond motifs is 6. The van der Waals surface area contributed by atoms with Gasteiger partial charge in [-0.05, 0) is 177 Å². The molecule has 16 N–H and O–H groups in total. The third-order valence-electron chi connectivity index (χ3n) is 25.0. The van der Waals surface area contributed by atoms with Crippen molar-refractivity contribution in [2.24, 2.45) is 14.1 Å². The van der Waals surface area contributed by atoms with Gasteiger partial charge in [0.1, 0.15) is 181 Å². The van der Waals surface area contributed by atoms with E-state index in [9.17, 15) is 20.4 Å². The number of ether oxygens (including phenoxy) is 12. The zero-order valence-corrected chi connectivity index (χ0v) is 83.8. The maximum atomic E-state index is 10.8. The van der Waals surface area contributed by atoms with Crippen LogP contribution in [0.5, 0.6) is 34.5 Å². The number of pyridine rings is 6. The summed E-state index contributed by atoms with van der Waals surface area (Å²) in [4.78, 5) is 54.7. The summed E-state index contributed by atoms with van der Waals surface area (Å²) in [5, 5.41) is 47.6. The van der Waals surface area contributed by atoms with Gasteiger partial charge in [-0.3, -0.25) is 0 Å². The van der Waals surface area contributed by atoms with Crippen LogP contribution in [0.1, 0.15) is 151 Å². The Labute approximate surface area is 823 Å². The molecule has 22 rings (SSSR count). The van der Waals surface area contributed by atoms with Gasteiger partial charge in [0.15, 0.2) is 34.9 Å². The van der Waals surface area contributed by atoms with E-state index in [1.807, 2.05) is 202 Å². The van der Waals surface area contributed by atoms with E-state index < -0.39 is 22.4 Å². The summed E-state index contributed by atoms with van der Waals surface area (Å²) in [5.74, 6) is 11.4. The lowest BCUT2D eigenvalue weighted by Crippen LogP contribution is -2.38. The maximum absolute atomic E-state index is 10.8. The van der Waals surface area contributed by atoms with Gasteiger partial charge in [0.2, 0.25) is 0 Å². The molecule has 0 saturated heterocycles. The Morgan fingerprint density at radius 1 is 0.378 bits per heavy atom. The summed E-state index contributed by atoms with van der Waals surface area (Å²) in [7, 11) is 3.89. The molecular formula is C103H126N24O16. The molecule has 6 aromatic carbocycles. The highest BCUT2D eigenvalue weighted by Crippen LogP contribution is 2.47. The molecule has 0 radical (unpaired) electrons.